The van der Waals surface area contributed by atoms with E-state index in [1.165, 1.54) is 10.6 Å². The van der Waals surface area contributed by atoms with Gasteiger partial charge in [0, 0.05) is 11.5 Å². The Morgan fingerprint density at radius 3 is 2.94 bits per heavy atom. The Labute approximate surface area is 114 Å². The maximum Gasteiger partial charge on any atom is 0.294 e. The second-order valence-corrected chi connectivity index (χ2v) is 4.26. The fraction of sp³-hybridized carbons (Fsp3) is 0.364. The van der Waals surface area contributed by atoms with Crippen LogP contribution in [0.1, 0.15) is 11.1 Å². The molecule has 0 aromatic heterocycles. The molecule has 0 saturated heterocycles. The zero-order chi connectivity index (χ0) is 12.7. The van der Waals surface area contributed by atoms with Crippen LogP contribution < -0.4 is 0 Å². The Balaban J connectivity index is 2.72. The lowest BCUT2D eigenvalue weighted by Crippen LogP contribution is -2.13. The molecule has 0 aliphatic heterocycles. The van der Waals surface area contributed by atoms with E-state index in [1.54, 1.807) is 7.05 Å². The first kappa shape index (κ1) is 13.9. The summed E-state index contributed by atoms with van der Waals surface area (Å²) < 4.78 is 5.48. The van der Waals surface area contributed by atoms with E-state index >= 15 is 0 Å². The molecule has 0 spiro atoms. The van der Waals surface area contributed by atoms with Crippen molar-refractivity contribution >= 4 is 34.8 Å². The van der Waals surface area contributed by atoms with Gasteiger partial charge >= 0.3 is 0 Å². The van der Waals surface area contributed by atoms with Crippen LogP contribution >= 0.6 is 22.6 Å². The van der Waals surface area contributed by atoms with E-state index in [2.05, 4.69) is 43.7 Å². The third kappa shape index (κ3) is 4.68. The van der Waals surface area contributed by atoms with Crippen LogP contribution in [-0.2, 0) is 14.0 Å². The number of rotatable bonds is 6. The molecule has 0 atom stereocenters. The Morgan fingerprint density at radius 1 is 1.53 bits per heavy atom. The number of carbonyl (C=O) groups is 1. The zero-order valence-electron chi connectivity index (χ0n) is 9.76. The molecular formula is C11H14IN3O2. The lowest BCUT2D eigenvalue weighted by molar-refractivity contribution is -0.132. The highest BCUT2D eigenvalue weighted by Gasteiger charge is 1.99. The number of carbonyl (C=O) groups excluding carboxylic acids is 1. The molecule has 1 rings (SSSR count). The van der Waals surface area contributed by atoms with Crippen LogP contribution in [0.2, 0.25) is 0 Å². The summed E-state index contributed by atoms with van der Waals surface area (Å²) in [6, 6.07) is 6.09. The summed E-state index contributed by atoms with van der Waals surface area (Å²) in [4.78, 5) is 10.00. The smallest absolute Gasteiger partial charge is 0.294 e. The topological polar surface area (TPSA) is 54.3 Å². The molecule has 0 amide bonds. The molecule has 0 aliphatic carbocycles. The fourth-order valence-electron chi connectivity index (χ4n) is 1.13. The predicted octanol–water partition coefficient (Wildman–Crippen LogP) is 2.99. The predicted molar refractivity (Wildman–Crippen MR) is 73.2 cm³/mol. The van der Waals surface area contributed by atoms with Crippen LogP contribution in [0.15, 0.2) is 28.5 Å². The van der Waals surface area contributed by atoms with Gasteiger partial charge in [-0.05, 0) is 24.1 Å². The number of hydrogen-bond acceptors (Lipinski definition) is 4. The third-order valence-electron chi connectivity index (χ3n) is 2.06. The highest BCUT2D eigenvalue weighted by Crippen LogP contribution is 2.22. The van der Waals surface area contributed by atoms with Gasteiger partial charge in [-0.1, -0.05) is 39.9 Å². The van der Waals surface area contributed by atoms with Crippen molar-refractivity contribution in [3.8, 4) is 0 Å². The van der Waals surface area contributed by atoms with Gasteiger partial charge in [-0.15, -0.1) is 5.11 Å². The van der Waals surface area contributed by atoms with Gasteiger partial charge in [-0.3, -0.25) is 4.79 Å². The highest BCUT2D eigenvalue weighted by atomic mass is 127. The van der Waals surface area contributed by atoms with Crippen LogP contribution in [0.25, 0.3) is 0 Å². The number of benzene rings is 1. The molecule has 0 aliphatic rings. The van der Waals surface area contributed by atoms with Gasteiger partial charge in [0.25, 0.3) is 6.47 Å². The minimum Gasteiger partial charge on any atom is -0.445 e. The van der Waals surface area contributed by atoms with Gasteiger partial charge in [-0.25, -0.2) is 5.01 Å². The summed E-state index contributed by atoms with van der Waals surface area (Å²) in [5.41, 5.74) is 3.10. The number of halogens is 1. The molecule has 0 saturated carbocycles. The number of nitrogens with zero attached hydrogens (tertiary/aromatic N) is 3. The van der Waals surface area contributed by atoms with E-state index in [4.69, 9.17) is 0 Å². The van der Waals surface area contributed by atoms with E-state index in [0.717, 1.165) is 15.7 Å². The lowest BCUT2D eigenvalue weighted by atomic mass is 10.1. The Bertz CT molecular complexity index is 410. The number of alkyl halides is 1. The normalized spacial score (nSPS) is 10.5. The number of ether oxygens (including phenoxy) is 1. The van der Waals surface area contributed by atoms with Crippen LogP contribution in [0.5, 0.6) is 0 Å². The van der Waals surface area contributed by atoms with Gasteiger partial charge in [0.1, 0.15) is 0 Å². The standard InChI is InChI=1S/C11H14IN3O2/c1-9-3-4-10(6-12)5-11(9)13-14-15(2)7-17-8-16/h3-5,8H,6-7H2,1-2H3/b14-13+. The Kier molecular flexibility index (Phi) is 5.88. The first-order valence-electron chi connectivity index (χ1n) is 5.01. The van der Waals surface area contributed by atoms with Gasteiger partial charge < -0.3 is 4.74 Å². The van der Waals surface area contributed by atoms with E-state index in [1.807, 2.05) is 19.1 Å². The highest BCUT2D eigenvalue weighted by molar-refractivity contribution is 14.1. The molecule has 17 heavy (non-hydrogen) atoms. The van der Waals surface area contributed by atoms with Gasteiger partial charge in [0.15, 0.2) is 6.73 Å². The molecular weight excluding hydrogens is 333 g/mol. The molecule has 0 radical (unpaired) electrons. The van der Waals surface area contributed by atoms with Crippen molar-refractivity contribution in [1.29, 1.82) is 0 Å². The monoisotopic (exact) mass is 347 g/mol. The van der Waals surface area contributed by atoms with Gasteiger partial charge in [-0.2, -0.15) is 0 Å². The molecule has 6 heteroatoms. The molecule has 0 N–H and O–H groups in total. The summed E-state index contributed by atoms with van der Waals surface area (Å²) in [5, 5.41) is 9.51. The largest absolute Gasteiger partial charge is 0.445 e. The van der Waals surface area contributed by atoms with E-state index in [0.29, 0.717) is 6.47 Å². The average molecular weight is 347 g/mol. The van der Waals surface area contributed by atoms with Crippen LogP contribution in [0, 0.1) is 6.92 Å². The van der Waals surface area contributed by atoms with Crippen molar-refractivity contribution in [2.45, 2.75) is 11.4 Å². The van der Waals surface area contributed by atoms with Gasteiger partial charge in [0.2, 0.25) is 0 Å². The van der Waals surface area contributed by atoms with Crippen molar-refractivity contribution in [3.63, 3.8) is 0 Å². The maximum absolute atomic E-state index is 10.00. The molecule has 0 fully saturated rings. The Hall–Kier alpha value is -1.18. The summed E-state index contributed by atoms with van der Waals surface area (Å²) in [5.74, 6) is 0. The molecule has 0 heterocycles. The minimum atomic E-state index is 0.0953. The van der Waals surface area contributed by atoms with Crippen molar-refractivity contribution in [1.82, 2.24) is 5.01 Å². The van der Waals surface area contributed by atoms with Crippen molar-refractivity contribution in [2.24, 2.45) is 10.3 Å². The van der Waals surface area contributed by atoms with Crippen LogP contribution in [0.3, 0.4) is 0 Å². The molecule has 1 aromatic rings. The summed E-state index contributed by atoms with van der Waals surface area (Å²) >= 11 is 2.30. The van der Waals surface area contributed by atoms with E-state index < -0.39 is 0 Å². The summed E-state index contributed by atoms with van der Waals surface area (Å²) in [6.07, 6.45) is 0. The zero-order valence-corrected chi connectivity index (χ0v) is 11.9. The molecule has 92 valence electrons. The third-order valence-corrected chi connectivity index (χ3v) is 2.94. The molecule has 5 nitrogen and oxygen atoms in total. The average Bonchev–Trinajstić information content (AvgIpc) is 2.35. The molecule has 1 aromatic carbocycles. The van der Waals surface area contributed by atoms with E-state index in [9.17, 15) is 4.79 Å². The molecule has 0 bridgehead atoms. The molecule has 0 unspecified atom stereocenters. The van der Waals surface area contributed by atoms with Gasteiger partial charge in [0.05, 0.1) is 5.69 Å². The van der Waals surface area contributed by atoms with Crippen LogP contribution in [0.4, 0.5) is 5.69 Å². The lowest BCUT2D eigenvalue weighted by Gasteiger charge is -2.09. The second-order valence-electron chi connectivity index (χ2n) is 3.49. The fourth-order valence-corrected chi connectivity index (χ4v) is 1.61. The minimum absolute atomic E-state index is 0.0953. The summed E-state index contributed by atoms with van der Waals surface area (Å²) in [6.45, 7) is 2.46. The summed E-state index contributed by atoms with van der Waals surface area (Å²) in [7, 11) is 1.69. The van der Waals surface area contributed by atoms with E-state index in [-0.39, 0.29) is 6.73 Å². The SMILES string of the molecule is Cc1ccc(CI)cc1/N=N/N(C)COC=O. The Morgan fingerprint density at radius 2 is 2.29 bits per heavy atom. The second kappa shape index (κ2) is 7.21. The maximum atomic E-state index is 10.00. The quantitative estimate of drug-likeness (QED) is 0.199. The van der Waals surface area contributed by atoms with Crippen molar-refractivity contribution in [2.75, 3.05) is 13.8 Å². The van der Waals surface area contributed by atoms with Crippen LogP contribution in [-0.4, -0.2) is 25.3 Å². The van der Waals surface area contributed by atoms with Crippen molar-refractivity contribution < 1.29 is 9.53 Å². The number of aryl methyl sites for hydroxylation is 1. The number of hydrogen-bond donors (Lipinski definition) is 0. The first-order valence-corrected chi connectivity index (χ1v) is 6.53. The first-order chi connectivity index (χ1) is 8.17. The van der Waals surface area contributed by atoms with Crippen molar-refractivity contribution in [3.05, 3.63) is 29.3 Å².